The molecular weight excluding hydrogens is 492 g/mol. The van der Waals surface area contributed by atoms with Gasteiger partial charge < -0.3 is 19.1 Å². The van der Waals surface area contributed by atoms with Crippen LogP contribution in [0.1, 0.15) is 42.0 Å². The van der Waals surface area contributed by atoms with E-state index < -0.39 is 0 Å². The largest absolute Gasteiger partial charge is 0.497 e. The molecule has 0 aromatic heterocycles. The lowest BCUT2D eigenvalue weighted by Gasteiger charge is -2.40. The monoisotopic (exact) mass is 522 g/mol. The van der Waals surface area contributed by atoms with E-state index in [1.165, 1.54) is 16.7 Å². The van der Waals surface area contributed by atoms with Gasteiger partial charge in [-0.25, -0.2) is 4.99 Å². The number of fused-ring (bicyclic) bond motifs is 1. The molecule has 0 bridgehead atoms. The molecule has 1 unspecified atom stereocenters. The van der Waals surface area contributed by atoms with Gasteiger partial charge in [-0.05, 0) is 84.0 Å². The Hall–Kier alpha value is -3.90. The molecule has 3 aromatic rings. The Kier molecular flexibility index (Phi) is 6.73. The molecule has 38 heavy (non-hydrogen) atoms. The maximum absolute atomic E-state index is 5.63. The lowest BCUT2D eigenvalue weighted by atomic mass is 9.82. The van der Waals surface area contributed by atoms with Crippen LogP contribution in [0.25, 0.3) is 11.8 Å². The van der Waals surface area contributed by atoms with Crippen LogP contribution in [0, 0.1) is 0 Å². The second-order valence-corrected chi connectivity index (χ2v) is 10.3. The predicted octanol–water partition coefficient (Wildman–Crippen LogP) is 7.69. The van der Waals surface area contributed by atoms with Gasteiger partial charge in [-0.2, -0.15) is 0 Å². The average Bonchev–Trinajstić information content (AvgIpc) is 3.40. The van der Waals surface area contributed by atoms with Gasteiger partial charge in [0.1, 0.15) is 17.2 Å². The molecule has 0 amide bonds. The van der Waals surface area contributed by atoms with E-state index in [1.54, 1.807) is 33.1 Å². The minimum absolute atomic E-state index is 0.0223. The van der Waals surface area contributed by atoms with Crippen LogP contribution in [-0.4, -0.2) is 31.4 Å². The third-order valence-corrected chi connectivity index (χ3v) is 8.09. The molecule has 3 aliphatic rings. The van der Waals surface area contributed by atoms with Crippen LogP contribution in [0.15, 0.2) is 100 Å². The summed E-state index contributed by atoms with van der Waals surface area (Å²) in [6.45, 7) is 0. The van der Waals surface area contributed by atoms with Gasteiger partial charge in [-0.1, -0.05) is 48.2 Å². The van der Waals surface area contributed by atoms with Crippen molar-refractivity contribution in [1.82, 2.24) is 4.90 Å². The van der Waals surface area contributed by atoms with E-state index in [1.807, 2.05) is 30.3 Å². The summed E-state index contributed by atoms with van der Waals surface area (Å²) in [7, 11) is 5.14. The normalized spacial score (nSPS) is 19.5. The van der Waals surface area contributed by atoms with Crippen LogP contribution < -0.4 is 14.2 Å². The van der Waals surface area contributed by atoms with E-state index in [0.29, 0.717) is 0 Å². The van der Waals surface area contributed by atoms with Crippen molar-refractivity contribution >= 4 is 28.7 Å². The van der Waals surface area contributed by atoms with Gasteiger partial charge in [-0.15, -0.1) is 0 Å². The summed E-state index contributed by atoms with van der Waals surface area (Å²) in [4.78, 5) is 7.68. The van der Waals surface area contributed by atoms with Crippen molar-refractivity contribution < 1.29 is 14.2 Å². The van der Waals surface area contributed by atoms with Gasteiger partial charge in [0.25, 0.3) is 0 Å². The first-order chi connectivity index (χ1) is 18.7. The molecule has 6 heteroatoms. The summed E-state index contributed by atoms with van der Waals surface area (Å²) in [5, 5.41) is 3.21. The highest BCUT2D eigenvalue weighted by Crippen LogP contribution is 2.51. The number of hydrogen-bond acceptors (Lipinski definition) is 6. The van der Waals surface area contributed by atoms with E-state index in [2.05, 4.69) is 58.8 Å². The van der Waals surface area contributed by atoms with Crippen LogP contribution in [-0.2, 0) is 0 Å². The number of amidine groups is 1. The number of nitrogens with zero attached hydrogens (tertiary/aromatic N) is 2. The fourth-order valence-electron chi connectivity index (χ4n) is 5.45. The second-order valence-electron chi connectivity index (χ2n) is 9.47. The summed E-state index contributed by atoms with van der Waals surface area (Å²) < 4.78 is 16.6. The molecular formula is C32H30N2O3S. The highest BCUT2D eigenvalue weighted by Gasteiger charge is 2.40. The first-order valence-corrected chi connectivity index (χ1v) is 13.7. The van der Waals surface area contributed by atoms with E-state index in [4.69, 9.17) is 19.2 Å². The zero-order chi connectivity index (χ0) is 26.1. The van der Waals surface area contributed by atoms with Gasteiger partial charge in [0, 0.05) is 11.0 Å². The van der Waals surface area contributed by atoms with Crippen molar-refractivity contribution in [2.24, 2.45) is 4.99 Å². The maximum Gasteiger partial charge on any atom is 0.174 e. The number of thioether (sulfide) groups is 1. The molecule has 0 saturated heterocycles. The molecule has 0 fully saturated rings. The van der Waals surface area contributed by atoms with Crippen molar-refractivity contribution in [2.75, 3.05) is 21.3 Å². The highest BCUT2D eigenvalue weighted by molar-refractivity contribution is 8.16. The Bertz CT molecular complexity index is 1500. The van der Waals surface area contributed by atoms with E-state index in [0.717, 1.165) is 64.2 Å². The maximum atomic E-state index is 5.63. The molecule has 6 rings (SSSR count). The first kappa shape index (κ1) is 24.4. The molecule has 3 aromatic carbocycles. The first-order valence-electron chi connectivity index (χ1n) is 12.8. The zero-order valence-electron chi connectivity index (χ0n) is 21.8. The van der Waals surface area contributed by atoms with Crippen molar-refractivity contribution in [3.8, 4) is 17.2 Å². The zero-order valence-corrected chi connectivity index (χ0v) is 22.6. The van der Waals surface area contributed by atoms with E-state index >= 15 is 0 Å². The Morgan fingerprint density at radius 2 is 1.55 bits per heavy atom. The van der Waals surface area contributed by atoms with Crippen LogP contribution >= 0.6 is 11.8 Å². The summed E-state index contributed by atoms with van der Waals surface area (Å²) in [5.41, 5.74) is 8.31. The SMILES string of the molecule is COc1cccc(C=C2CCCC3=C2N=C2SC=C(c4cccc(OC)c4)N2C3c2cccc(OC)c2)c1. The predicted molar refractivity (Wildman–Crippen MR) is 155 cm³/mol. The van der Waals surface area contributed by atoms with E-state index in [9.17, 15) is 0 Å². The lowest BCUT2D eigenvalue weighted by molar-refractivity contribution is 0.410. The minimum Gasteiger partial charge on any atom is -0.497 e. The Labute approximate surface area is 228 Å². The molecule has 192 valence electrons. The van der Waals surface area contributed by atoms with Gasteiger partial charge >= 0.3 is 0 Å². The van der Waals surface area contributed by atoms with E-state index in [-0.39, 0.29) is 6.04 Å². The number of allylic oxidation sites excluding steroid dienone is 1. The third-order valence-electron chi connectivity index (χ3n) is 7.25. The summed E-state index contributed by atoms with van der Waals surface area (Å²) >= 11 is 1.68. The molecule has 5 nitrogen and oxygen atoms in total. The third kappa shape index (κ3) is 4.50. The van der Waals surface area contributed by atoms with Crippen molar-refractivity contribution in [2.45, 2.75) is 25.3 Å². The van der Waals surface area contributed by atoms with Crippen molar-refractivity contribution in [3.63, 3.8) is 0 Å². The van der Waals surface area contributed by atoms with Gasteiger partial charge in [0.2, 0.25) is 0 Å². The summed E-state index contributed by atoms with van der Waals surface area (Å²) in [5.74, 6) is 2.56. The quantitative estimate of drug-likeness (QED) is 0.332. The van der Waals surface area contributed by atoms with Crippen LogP contribution in [0.5, 0.6) is 17.2 Å². The summed E-state index contributed by atoms with van der Waals surface area (Å²) in [6, 6.07) is 24.9. The summed E-state index contributed by atoms with van der Waals surface area (Å²) in [6.07, 6.45) is 5.35. The molecule has 0 spiro atoms. The average molecular weight is 523 g/mol. The molecule has 1 atom stereocenters. The smallest absolute Gasteiger partial charge is 0.174 e. The van der Waals surface area contributed by atoms with Crippen LogP contribution in [0.2, 0.25) is 0 Å². The highest BCUT2D eigenvalue weighted by atomic mass is 32.2. The Balaban J connectivity index is 1.49. The van der Waals surface area contributed by atoms with Crippen LogP contribution in [0.4, 0.5) is 0 Å². The fourth-order valence-corrected chi connectivity index (χ4v) is 6.38. The second kappa shape index (κ2) is 10.5. The molecule has 0 N–H and O–H groups in total. The van der Waals surface area contributed by atoms with Crippen LogP contribution in [0.3, 0.4) is 0 Å². The van der Waals surface area contributed by atoms with Gasteiger partial charge in [0.15, 0.2) is 5.17 Å². The number of aliphatic imine (C=N–C) groups is 1. The van der Waals surface area contributed by atoms with Crippen molar-refractivity contribution in [3.05, 3.63) is 112 Å². The molecule has 2 aliphatic heterocycles. The number of benzene rings is 3. The lowest BCUT2D eigenvalue weighted by Crippen LogP contribution is -2.34. The Morgan fingerprint density at radius 1 is 0.842 bits per heavy atom. The standard InChI is InChI=1S/C32H30N2O3S/c1-35-25-12-4-8-21(17-25)16-23-10-7-15-28-30(23)33-32-34(31(28)24-11-6-14-27(19-24)37-3)29(20-38-32)22-9-5-13-26(18-22)36-2/h4-6,8-9,11-14,16-20,31H,7,10,15H2,1-3H3. The molecule has 0 radical (unpaired) electrons. The molecule has 1 aliphatic carbocycles. The minimum atomic E-state index is 0.0223. The van der Waals surface area contributed by atoms with Crippen molar-refractivity contribution in [1.29, 1.82) is 0 Å². The number of methoxy groups -OCH3 is 3. The Morgan fingerprint density at radius 3 is 2.34 bits per heavy atom. The number of hydrogen-bond donors (Lipinski definition) is 0. The fraction of sp³-hybridized carbons (Fsp3) is 0.219. The van der Waals surface area contributed by atoms with Gasteiger partial charge in [-0.3, -0.25) is 0 Å². The molecule has 2 heterocycles. The molecule has 0 saturated carbocycles. The number of rotatable bonds is 6. The van der Waals surface area contributed by atoms with Gasteiger partial charge in [0.05, 0.1) is 38.8 Å². The topological polar surface area (TPSA) is 43.3 Å². The number of ether oxygens (including phenoxy) is 3.